The van der Waals surface area contributed by atoms with Gasteiger partial charge in [0.1, 0.15) is 0 Å². The van der Waals surface area contributed by atoms with Gasteiger partial charge in [0.25, 0.3) is 0 Å². The van der Waals surface area contributed by atoms with Crippen molar-refractivity contribution in [3.63, 3.8) is 0 Å². The molecule has 16 heavy (non-hydrogen) atoms. The summed E-state index contributed by atoms with van der Waals surface area (Å²) >= 11 is 1.91. The second kappa shape index (κ2) is 4.20. The summed E-state index contributed by atoms with van der Waals surface area (Å²) < 4.78 is 0. The van der Waals surface area contributed by atoms with Crippen molar-refractivity contribution in [2.75, 3.05) is 12.0 Å². The quantitative estimate of drug-likeness (QED) is 0.815. The van der Waals surface area contributed by atoms with Gasteiger partial charge in [-0.15, -0.1) is 0 Å². The molecule has 0 aromatic heterocycles. The van der Waals surface area contributed by atoms with Gasteiger partial charge in [0.2, 0.25) is 0 Å². The molecule has 2 heteroatoms. The third-order valence-electron chi connectivity index (χ3n) is 5.24. The molecular formula is C14H25NS. The molecule has 0 aliphatic heterocycles. The van der Waals surface area contributed by atoms with Gasteiger partial charge in [-0.1, -0.05) is 0 Å². The average Bonchev–Trinajstić information content (AvgIpc) is 2.13. The first-order valence-corrected chi connectivity index (χ1v) is 8.33. The van der Waals surface area contributed by atoms with Gasteiger partial charge in [-0.2, -0.15) is 11.8 Å². The van der Waals surface area contributed by atoms with E-state index in [0.717, 1.165) is 23.5 Å². The molecule has 0 aromatic carbocycles. The van der Waals surface area contributed by atoms with Crippen LogP contribution in [0.1, 0.15) is 44.9 Å². The van der Waals surface area contributed by atoms with Crippen LogP contribution in [0.2, 0.25) is 0 Å². The third-order valence-corrected chi connectivity index (χ3v) is 6.00. The zero-order valence-electron chi connectivity index (χ0n) is 10.5. The largest absolute Gasteiger partial charge is 0.327 e. The van der Waals surface area contributed by atoms with Crippen LogP contribution in [0.4, 0.5) is 0 Å². The fourth-order valence-electron chi connectivity index (χ4n) is 5.37. The molecule has 4 rings (SSSR count). The van der Waals surface area contributed by atoms with Crippen molar-refractivity contribution in [1.29, 1.82) is 0 Å². The molecule has 4 saturated carbocycles. The summed E-state index contributed by atoms with van der Waals surface area (Å²) in [6, 6.07) is 0.450. The highest BCUT2D eigenvalue weighted by Crippen LogP contribution is 2.61. The summed E-state index contributed by atoms with van der Waals surface area (Å²) in [5.41, 5.74) is 6.97. The van der Waals surface area contributed by atoms with E-state index in [0.29, 0.717) is 11.5 Å². The molecule has 1 nitrogen and oxygen atoms in total. The van der Waals surface area contributed by atoms with Crippen LogP contribution in [0.3, 0.4) is 0 Å². The van der Waals surface area contributed by atoms with E-state index in [1.165, 1.54) is 25.7 Å². The second-order valence-corrected chi connectivity index (χ2v) is 7.75. The number of rotatable bonds is 4. The lowest BCUT2D eigenvalue weighted by molar-refractivity contribution is -0.0593. The molecule has 0 spiro atoms. The molecule has 0 amide bonds. The first-order valence-electron chi connectivity index (χ1n) is 6.94. The Hall–Kier alpha value is 0.310. The Balaban J connectivity index is 1.68. The zero-order valence-corrected chi connectivity index (χ0v) is 11.3. The Morgan fingerprint density at radius 2 is 1.62 bits per heavy atom. The van der Waals surface area contributed by atoms with Gasteiger partial charge in [-0.05, 0) is 74.4 Å². The van der Waals surface area contributed by atoms with Crippen molar-refractivity contribution >= 4 is 11.8 Å². The minimum absolute atomic E-state index is 0.450. The van der Waals surface area contributed by atoms with Gasteiger partial charge in [-0.25, -0.2) is 0 Å². The monoisotopic (exact) mass is 239 g/mol. The van der Waals surface area contributed by atoms with E-state index in [1.807, 2.05) is 11.8 Å². The predicted octanol–water partition coefficient (Wildman–Crippen LogP) is 3.28. The van der Waals surface area contributed by atoms with E-state index < -0.39 is 0 Å². The Kier molecular flexibility index (Phi) is 3.00. The first-order chi connectivity index (χ1) is 7.69. The van der Waals surface area contributed by atoms with Crippen LogP contribution < -0.4 is 5.73 Å². The van der Waals surface area contributed by atoms with Crippen LogP contribution in [0.5, 0.6) is 0 Å². The molecule has 4 aliphatic carbocycles. The summed E-state index contributed by atoms with van der Waals surface area (Å²) in [5.74, 6) is 4.38. The lowest BCUT2D eigenvalue weighted by Gasteiger charge is -2.57. The molecule has 0 heterocycles. The average molecular weight is 239 g/mol. The Morgan fingerprint density at radius 1 is 1.12 bits per heavy atom. The Labute approximate surface area is 104 Å². The minimum Gasteiger partial charge on any atom is -0.327 e. The van der Waals surface area contributed by atoms with Crippen molar-refractivity contribution in [1.82, 2.24) is 0 Å². The summed E-state index contributed by atoms with van der Waals surface area (Å²) in [6.45, 7) is 0. The van der Waals surface area contributed by atoms with Gasteiger partial charge in [0.15, 0.2) is 0 Å². The smallest absolute Gasteiger partial charge is 0.0135 e. The molecular weight excluding hydrogens is 214 g/mol. The zero-order chi connectivity index (χ0) is 11.2. The van der Waals surface area contributed by atoms with Crippen molar-refractivity contribution in [3.8, 4) is 0 Å². The van der Waals surface area contributed by atoms with Crippen LogP contribution in [-0.2, 0) is 0 Å². The van der Waals surface area contributed by atoms with E-state index in [4.69, 9.17) is 5.73 Å². The van der Waals surface area contributed by atoms with Crippen LogP contribution >= 0.6 is 11.8 Å². The maximum atomic E-state index is 6.28. The van der Waals surface area contributed by atoms with E-state index in [1.54, 1.807) is 19.3 Å². The second-order valence-electron chi connectivity index (χ2n) is 6.84. The molecule has 92 valence electrons. The maximum absolute atomic E-state index is 6.28. The lowest BCUT2D eigenvalue weighted by Crippen LogP contribution is -2.48. The minimum atomic E-state index is 0.450. The lowest BCUT2D eigenvalue weighted by atomic mass is 9.48. The van der Waals surface area contributed by atoms with Gasteiger partial charge in [-0.3, -0.25) is 0 Å². The molecule has 4 bridgehead atoms. The van der Waals surface area contributed by atoms with Crippen molar-refractivity contribution < 1.29 is 0 Å². The van der Waals surface area contributed by atoms with E-state index >= 15 is 0 Å². The maximum Gasteiger partial charge on any atom is 0.0135 e. The van der Waals surface area contributed by atoms with E-state index in [2.05, 4.69) is 6.26 Å². The fraction of sp³-hybridized carbons (Fsp3) is 1.00. The highest BCUT2D eigenvalue weighted by molar-refractivity contribution is 7.98. The van der Waals surface area contributed by atoms with Crippen LogP contribution in [0, 0.1) is 23.2 Å². The van der Waals surface area contributed by atoms with Crippen LogP contribution in [0.25, 0.3) is 0 Å². The predicted molar refractivity (Wildman–Crippen MR) is 71.6 cm³/mol. The van der Waals surface area contributed by atoms with Crippen molar-refractivity contribution in [2.24, 2.45) is 28.9 Å². The normalized spacial score (nSPS) is 47.2. The summed E-state index contributed by atoms with van der Waals surface area (Å²) in [7, 11) is 0. The van der Waals surface area contributed by atoms with E-state index in [-0.39, 0.29) is 0 Å². The topological polar surface area (TPSA) is 26.0 Å². The van der Waals surface area contributed by atoms with E-state index in [9.17, 15) is 0 Å². The summed E-state index contributed by atoms with van der Waals surface area (Å²) in [4.78, 5) is 0. The number of thioether (sulfide) groups is 1. The number of hydrogen-bond donors (Lipinski definition) is 1. The molecule has 1 atom stereocenters. The summed E-state index contributed by atoms with van der Waals surface area (Å²) in [6.07, 6.45) is 12.7. The number of hydrogen-bond acceptors (Lipinski definition) is 2. The Morgan fingerprint density at radius 3 is 2.06 bits per heavy atom. The van der Waals surface area contributed by atoms with Crippen LogP contribution in [-0.4, -0.2) is 18.1 Å². The molecule has 4 aliphatic rings. The molecule has 0 aromatic rings. The summed E-state index contributed by atoms with van der Waals surface area (Å²) in [5, 5.41) is 0. The molecule has 2 N–H and O–H groups in total. The standard InChI is InChI=1S/C14H25NS/c1-16-9-13(15)8-14-5-10-2-11(6-14)4-12(3-10)7-14/h10-13H,2-9,15H2,1H3. The molecule has 1 unspecified atom stereocenters. The highest BCUT2D eigenvalue weighted by atomic mass is 32.2. The fourth-order valence-corrected chi connectivity index (χ4v) is 5.92. The van der Waals surface area contributed by atoms with Gasteiger partial charge in [0.05, 0.1) is 0 Å². The highest BCUT2D eigenvalue weighted by Gasteiger charge is 2.50. The molecule has 0 saturated heterocycles. The number of nitrogens with two attached hydrogens (primary N) is 1. The van der Waals surface area contributed by atoms with Crippen LogP contribution in [0.15, 0.2) is 0 Å². The molecule has 4 fully saturated rings. The van der Waals surface area contributed by atoms with Gasteiger partial charge in [0, 0.05) is 11.8 Å². The van der Waals surface area contributed by atoms with Gasteiger partial charge < -0.3 is 5.73 Å². The first kappa shape index (κ1) is 11.4. The molecule has 0 radical (unpaired) electrons. The van der Waals surface area contributed by atoms with Crippen molar-refractivity contribution in [3.05, 3.63) is 0 Å². The Bertz CT molecular complexity index is 228. The van der Waals surface area contributed by atoms with Gasteiger partial charge >= 0.3 is 0 Å². The SMILES string of the molecule is CSCC(N)CC12CC3CC(CC(C3)C1)C2. The third kappa shape index (κ3) is 2.03. The van der Waals surface area contributed by atoms with Crippen molar-refractivity contribution in [2.45, 2.75) is 51.0 Å².